The molecule has 0 saturated carbocycles. The molecule has 7 nitrogen and oxygen atoms in total. The molecule has 0 spiro atoms. The minimum atomic E-state index is -0.711. The zero-order chi connectivity index (χ0) is 25.6. The van der Waals surface area contributed by atoms with Crippen molar-refractivity contribution < 1.29 is 19.5 Å². The maximum atomic E-state index is 13.6. The van der Waals surface area contributed by atoms with Crippen molar-refractivity contribution in [3.8, 4) is 0 Å². The van der Waals surface area contributed by atoms with Crippen molar-refractivity contribution in [2.24, 2.45) is 5.92 Å². The Bertz CT molecular complexity index is 965. The van der Waals surface area contributed by atoms with Crippen molar-refractivity contribution in [3.63, 3.8) is 0 Å². The van der Waals surface area contributed by atoms with E-state index in [4.69, 9.17) is 0 Å². The SMILES string of the molecule is C=CC(C)(CCC=C(C)C)c1ccc2c(c1NC=O)C(=O)CC(CO)NC(=O)C(C(C)C)N2C. The predicted molar refractivity (Wildman–Crippen MR) is 137 cm³/mol. The fourth-order valence-corrected chi connectivity index (χ4v) is 4.71. The van der Waals surface area contributed by atoms with Gasteiger partial charge in [0.1, 0.15) is 6.04 Å². The third-order valence-corrected chi connectivity index (χ3v) is 6.64. The van der Waals surface area contributed by atoms with Gasteiger partial charge in [-0.2, -0.15) is 0 Å². The van der Waals surface area contributed by atoms with Crippen LogP contribution in [0.15, 0.2) is 36.4 Å². The van der Waals surface area contributed by atoms with Gasteiger partial charge in [0.25, 0.3) is 0 Å². The maximum absolute atomic E-state index is 13.6. The normalized spacial score (nSPS) is 20.3. The van der Waals surface area contributed by atoms with E-state index >= 15 is 0 Å². The lowest BCUT2D eigenvalue weighted by Gasteiger charge is -2.35. The van der Waals surface area contributed by atoms with Gasteiger partial charge in [0.05, 0.1) is 29.6 Å². The number of nitrogens with one attached hydrogen (secondary N) is 2. The molecule has 3 N–H and O–H groups in total. The number of carbonyl (C=O) groups excluding carboxylic acids is 3. The number of fused-ring (bicyclic) bond motifs is 1. The molecule has 1 aliphatic heterocycles. The summed E-state index contributed by atoms with van der Waals surface area (Å²) in [6.07, 6.45) is 6.06. The van der Waals surface area contributed by atoms with E-state index in [9.17, 15) is 19.5 Å². The van der Waals surface area contributed by atoms with Crippen LogP contribution in [-0.4, -0.2) is 48.9 Å². The van der Waals surface area contributed by atoms with Crippen LogP contribution in [0.1, 0.15) is 69.8 Å². The summed E-state index contributed by atoms with van der Waals surface area (Å²) in [6.45, 7) is 13.7. The van der Waals surface area contributed by atoms with Crippen LogP contribution in [0, 0.1) is 5.92 Å². The molecule has 3 unspecified atom stereocenters. The van der Waals surface area contributed by atoms with Crippen molar-refractivity contribution in [1.29, 1.82) is 0 Å². The Labute approximate surface area is 203 Å². The molecule has 0 radical (unpaired) electrons. The van der Waals surface area contributed by atoms with Gasteiger partial charge in [0, 0.05) is 18.9 Å². The second-order valence-corrected chi connectivity index (χ2v) is 9.90. The van der Waals surface area contributed by atoms with Crippen molar-refractivity contribution in [3.05, 3.63) is 47.6 Å². The van der Waals surface area contributed by atoms with E-state index in [1.165, 1.54) is 5.57 Å². The number of nitrogens with zero attached hydrogens (tertiary/aromatic N) is 1. The number of aliphatic hydroxyl groups excluding tert-OH is 1. The summed E-state index contributed by atoms with van der Waals surface area (Å²) in [6, 6.07) is 2.49. The molecule has 186 valence electrons. The Morgan fingerprint density at radius 1 is 1.35 bits per heavy atom. The van der Waals surface area contributed by atoms with Gasteiger partial charge in [-0.3, -0.25) is 14.4 Å². The number of anilines is 2. The van der Waals surface area contributed by atoms with E-state index in [0.717, 1.165) is 18.4 Å². The molecule has 34 heavy (non-hydrogen) atoms. The lowest BCUT2D eigenvalue weighted by Crippen LogP contribution is -2.51. The molecule has 1 aromatic carbocycles. The van der Waals surface area contributed by atoms with Crippen molar-refractivity contribution in [2.45, 2.75) is 71.4 Å². The van der Waals surface area contributed by atoms with Gasteiger partial charge in [-0.1, -0.05) is 44.6 Å². The molecule has 2 rings (SSSR count). The van der Waals surface area contributed by atoms with E-state index in [-0.39, 0.29) is 30.6 Å². The summed E-state index contributed by atoms with van der Waals surface area (Å²) < 4.78 is 0. The van der Waals surface area contributed by atoms with Gasteiger partial charge >= 0.3 is 0 Å². The first-order chi connectivity index (χ1) is 16.0. The number of benzene rings is 1. The molecule has 0 fully saturated rings. The smallest absolute Gasteiger partial charge is 0.243 e. The number of hydrogen-bond acceptors (Lipinski definition) is 5. The first-order valence-corrected chi connectivity index (χ1v) is 11.8. The van der Waals surface area contributed by atoms with Gasteiger partial charge in [0.15, 0.2) is 5.78 Å². The van der Waals surface area contributed by atoms with Crippen LogP contribution in [0.5, 0.6) is 0 Å². The zero-order valence-electron chi connectivity index (χ0n) is 21.3. The van der Waals surface area contributed by atoms with Crippen LogP contribution in [0.3, 0.4) is 0 Å². The number of carbonyl (C=O) groups is 3. The largest absolute Gasteiger partial charge is 0.394 e. The molecule has 0 aliphatic carbocycles. The Balaban J connectivity index is 2.80. The highest BCUT2D eigenvalue weighted by molar-refractivity contribution is 6.10. The summed E-state index contributed by atoms with van der Waals surface area (Å²) in [4.78, 5) is 40.1. The fourth-order valence-electron chi connectivity index (χ4n) is 4.71. The Kier molecular flexibility index (Phi) is 9.21. The maximum Gasteiger partial charge on any atom is 0.243 e. The molecule has 3 atom stereocenters. The van der Waals surface area contributed by atoms with Gasteiger partial charge < -0.3 is 20.6 Å². The van der Waals surface area contributed by atoms with Crippen LogP contribution in [-0.2, 0) is 15.0 Å². The van der Waals surface area contributed by atoms with Crippen LogP contribution in [0.25, 0.3) is 0 Å². The van der Waals surface area contributed by atoms with E-state index < -0.39 is 17.5 Å². The second kappa shape index (κ2) is 11.5. The molecular weight excluding hydrogens is 430 g/mol. The molecular formula is C27H39N3O4. The lowest BCUT2D eigenvalue weighted by molar-refractivity contribution is -0.124. The van der Waals surface area contributed by atoms with Crippen LogP contribution < -0.4 is 15.5 Å². The summed E-state index contributed by atoms with van der Waals surface area (Å²) in [5, 5.41) is 15.4. The quantitative estimate of drug-likeness (QED) is 0.375. The highest BCUT2D eigenvalue weighted by atomic mass is 16.3. The summed E-state index contributed by atoms with van der Waals surface area (Å²) in [7, 11) is 1.78. The first-order valence-electron chi connectivity index (χ1n) is 11.8. The summed E-state index contributed by atoms with van der Waals surface area (Å²) in [5.74, 6) is -0.564. The molecule has 1 aromatic rings. The standard InChI is InChI=1S/C27H39N3O4/c1-8-27(6,13-9-10-17(2)3)20-11-12-21-23(24(20)28-16-32)22(33)14-19(15-31)29-26(34)25(18(4)5)30(21)7/h8,10-12,16,18-19,25,31H,1,9,13-15H2,2-7H3,(H,28,32)(H,29,34). The third kappa shape index (κ3) is 5.76. The number of Topliss-reactive ketones (excluding diaryl/α,β-unsaturated/α-hetero) is 1. The van der Waals surface area contributed by atoms with E-state index in [0.29, 0.717) is 23.3 Å². The monoisotopic (exact) mass is 469 g/mol. The minimum absolute atomic E-state index is 0.0601. The first kappa shape index (κ1) is 27.3. The second-order valence-electron chi connectivity index (χ2n) is 9.90. The minimum Gasteiger partial charge on any atom is -0.394 e. The van der Waals surface area contributed by atoms with Crippen LogP contribution >= 0.6 is 0 Å². The highest BCUT2D eigenvalue weighted by Gasteiger charge is 2.36. The summed E-state index contributed by atoms with van der Waals surface area (Å²) in [5.41, 5.74) is 2.85. The topological polar surface area (TPSA) is 98.7 Å². The van der Waals surface area contributed by atoms with Gasteiger partial charge in [-0.15, -0.1) is 6.58 Å². The van der Waals surface area contributed by atoms with Gasteiger partial charge in [-0.25, -0.2) is 0 Å². The average Bonchev–Trinajstić information content (AvgIpc) is 2.80. The molecule has 7 heteroatoms. The fraction of sp³-hybridized carbons (Fsp3) is 0.519. The predicted octanol–water partition coefficient (Wildman–Crippen LogP) is 3.97. The Hall–Kier alpha value is -2.93. The average molecular weight is 470 g/mol. The number of rotatable bonds is 9. The summed E-state index contributed by atoms with van der Waals surface area (Å²) >= 11 is 0. The molecule has 0 aromatic heterocycles. The van der Waals surface area contributed by atoms with Crippen molar-refractivity contribution >= 4 is 29.5 Å². The zero-order valence-corrected chi connectivity index (χ0v) is 21.3. The van der Waals surface area contributed by atoms with Gasteiger partial charge in [0.2, 0.25) is 12.3 Å². The number of aliphatic hydroxyl groups is 1. The van der Waals surface area contributed by atoms with Crippen LogP contribution in [0.4, 0.5) is 11.4 Å². The number of likely N-dealkylation sites (N-methyl/N-ethyl adjacent to an activating group) is 1. The van der Waals surface area contributed by atoms with E-state index in [1.807, 2.05) is 52.8 Å². The van der Waals surface area contributed by atoms with Crippen molar-refractivity contribution in [2.75, 3.05) is 23.9 Å². The number of amides is 2. The molecule has 1 heterocycles. The number of ketones is 1. The highest BCUT2D eigenvalue weighted by Crippen LogP contribution is 2.42. The molecule has 0 saturated heterocycles. The Morgan fingerprint density at radius 2 is 2.03 bits per heavy atom. The number of allylic oxidation sites excluding steroid dienone is 3. The van der Waals surface area contributed by atoms with Gasteiger partial charge in [-0.05, 0) is 44.2 Å². The Morgan fingerprint density at radius 3 is 2.56 bits per heavy atom. The van der Waals surface area contributed by atoms with E-state index in [2.05, 4.69) is 23.3 Å². The lowest BCUT2D eigenvalue weighted by atomic mass is 9.76. The van der Waals surface area contributed by atoms with E-state index in [1.54, 1.807) is 11.9 Å². The van der Waals surface area contributed by atoms with Crippen molar-refractivity contribution in [1.82, 2.24) is 5.32 Å². The molecule has 1 aliphatic rings. The number of hydrogen-bond donors (Lipinski definition) is 3. The van der Waals surface area contributed by atoms with Crippen LogP contribution in [0.2, 0.25) is 0 Å². The molecule has 2 amide bonds. The third-order valence-electron chi connectivity index (χ3n) is 6.64. The molecule has 0 bridgehead atoms.